The highest BCUT2D eigenvalue weighted by atomic mass is 127. The minimum atomic E-state index is 0. The van der Waals surface area contributed by atoms with Gasteiger partial charge in [-0.15, -0.1) is 24.0 Å². The Bertz CT molecular complexity index is 542. The van der Waals surface area contributed by atoms with Crippen LogP contribution in [-0.4, -0.2) is 43.6 Å². The molecule has 1 fully saturated rings. The van der Waals surface area contributed by atoms with Crippen LogP contribution < -0.4 is 10.6 Å². The van der Waals surface area contributed by atoms with Crippen LogP contribution in [0.15, 0.2) is 29.3 Å². The standard InChI is InChI=1S/C18H27N5.HI/c1-3-10-23-11-8-17(9-12-23)22-18(20-2)21-14-16-6-4-15(13-19)5-7-16;/h4-7,17H,3,8-12,14H2,1-2H3,(H2,20,21,22);1H. The highest BCUT2D eigenvalue weighted by molar-refractivity contribution is 14.0. The Morgan fingerprint density at radius 2 is 1.96 bits per heavy atom. The van der Waals surface area contributed by atoms with Gasteiger partial charge in [0.15, 0.2) is 5.96 Å². The predicted molar refractivity (Wildman–Crippen MR) is 110 cm³/mol. The number of nitriles is 1. The van der Waals surface area contributed by atoms with Crippen LogP contribution in [0.2, 0.25) is 0 Å². The van der Waals surface area contributed by atoms with Gasteiger partial charge < -0.3 is 15.5 Å². The monoisotopic (exact) mass is 441 g/mol. The van der Waals surface area contributed by atoms with Gasteiger partial charge in [-0.3, -0.25) is 4.99 Å². The molecule has 0 aromatic heterocycles. The molecule has 1 aromatic carbocycles. The van der Waals surface area contributed by atoms with Crippen molar-refractivity contribution < 1.29 is 0 Å². The van der Waals surface area contributed by atoms with Gasteiger partial charge in [-0.2, -0.15) is 5.26 Å². The molecule has 2 N–H and O–H groups in total. The van der Waals surface area contributed by atoms with Crippen LogP contribution in [0.3, 0.4) is 0 Å². The minimum Gasteiger partial charge on any atom is -0.354 e. The molecule has 1 aliphatic heterocycles. The summed E-state index contributed by atoms with van der Waals surface area (Å²) in [5, 5.41) is 15.7. The summed E-state index contributed by atoms with van der Waals surface area (Å²) in [6.07, 6.45) is 3.56. The van der Waals surface area contributed by atoms with Crippen LogP contribution in [0.5, 0.6) is 0 Å². The molecule has 1 aliphatic rings. The van der Waals surface area contributed by atoms with Crippen LogP contribution in [0.25, 0.3) is 0 Å². The Kier molecular flexibility index (Phi) is 9.72. The van der Waals surface area contributed by atoms with E-state index >= 15 is 0 Å². The molecule has 0 bridgehead atoms. The molecule has 132 valence electrons. The average molecular weight is 441 g/mol. The normalized spacial score (nSPS) is 16.1. The third-order valence-corrected chi connectivity index (χ3v) is 4.23. The molecular formula is C18H28IN5. The lowest BCUT2D eigenvalue weighted by Gasteiger charge is -2.32. The summed E-state index contributed by atoms with van der Waals surface area (Å²) in [6, 6.07) is 10.3. The number of benzene rings is 1. The first-order valence-electron chi connectivity index (χ1n) is 8.43. The van der Waals surface area contributed by atoms with E-state index < -0.39 is 0 Å². The van der Waals surface area contributed by atoms with Gasteiger partial charge in [0, 0.05) is 32.7 Å². The van der Waals surface area contributed by atoms with E-state index in [1.807, 2.05) is 24.3 Å². The third kappa shape index (κ3) is 6.65. The number of nitrogens with one attached hydrogen (secondary N) is 2. The van der Waals surface area contributed by atoms with Crippen molar-refractivity contribution in [1.82, 2.24) is 15.5 Å². The molecule has 0 atom stereocenters. The summed E-state index contributed by atoms with van der Waals surface area (Å²) in [6.45, 7) is 6.48. The van der Waals surface area contributed by atoms with Crippen LogP contribution in [0.4, 0.5) is 0 Å². The zero-order valence-corrected chi connectivity index (χ0v) is 16.9. The van der Waals surface area contributed by atoms with E-state index in [1.165, 1.54) is 13.0 Å². The number of rotatable bonds is 5. The van der Waals surface area contributed by atoms with Gasteiger partial charge >= 0.3 is 0 Å². The molecule has 2 rings (SSSR count). The lowest BCUT2D eigenvalue weighted by atomic mass is 10.1. The summed E-state index contributed by atoms with van der Waals surface area (Å²) in [4.78, 5) is 6.85. The molecule has 0 unspecified atom stereocenters. The SMILES string of the molecule is CCCN1CCC(NC(=NC)NCc2ccc(C#N)cc2)CC1.I. The third-order valence-electron chi connectivity index (χ3n) is 4.23. The van der Waals surface area contributed by atoms with Crippen LogP contribution in [0.1, 0.15) is 37.3 Å². The van der Waals surface area contributed by atoms with Crippen molar-refractivity contribution in [3.8, 4) is 6.07 Å². The van der Waals surface area contributed by atoms with E-state index in [9.17, 15) is 0 Å². The van der Waals surface area contributed by atoms with Crippen molar-refractivity contribution in [1.29, 1.82) is 5.26 Å². The second kappa shape index (κ2) is 11.3. The Morgan fingerprint density at radius 3 is 2.50 bits per heavy atom. The molecule has 1 saturated heterocycles. The first-order valence-corrected chi connectivity index (χ1v) is 8.43. The number of piperidine rings is 1. The molecule has 6 heteroatoms. The van der Waals surface area contributed by atoms with Crippen molar-refractivity contribution in [2.24, 2.45) is 4.99 Å². The van der Waals surface area contributed by atoms with Gasteiger partial charge in [0.25, 0.3) is 0 Å². The van der Waals surface area contributed by atoms with Crippen molar-refractivity contribution in [2.75, 3.05) is 26.7 Å². The summed E-state index contributed by atoms with van der Waals surface area (Å²) >= 11 is 0. The lowest BCUT2D eigenvalue weighted by Crippen LogP contribution is -2.48. The van der Waals surface area contributed by atoms with E-state index in [4.69, 9.17) is 5.26 Å². The maximum absolute atomic E-state index is 8.82. The minimum absolute atomic E-state index is 0. The fourth-order valence-electron chi connectivity index (χ4n) is 2.89. The fraction of sp³-hybridized carbons (Fsp3) is 0.556. The number of guanidine groups is 1. The maximum Gasteiger partial charge on any atom is 0.191 e. The first kappa shape index (κ1) is 20.7. The van der Waals surface area contributed by atoms with Crippen LogP contribution in [0, 0.1) is 11.3 Å². The van der Waals surface area contributed by atoms with E-state index in [0.29, 0.717) is 18.2 Å². The number of hydrogen-bond donors (Lipinski definition) is 2. The number of nitrogens with zero attached hydrogens (tertiary/aromatic N) is 3. The second-order valence-corrected chi connectivity index (χ2v) is 5.99. The Labute approximate surface area is 162 Å². The smallest absolute Gasteiger partial charge is 0.191 e. The van der Waals surface area contributed by atoms with Gasteiger partial charge in [0.05, 0.1) is 11.6 Å². The number of halogens is 1. The second-order valence-electron chi connectivity index (χ2n) is 5.99. The first-order chi connectivity index (χ1) is 11.2. The van der Waals surface area contributed by atoms with Crippen molar-refractivity contribution in [2.45, 2.75) is 38.8 Å². The number of hydrogen-bond acceptors (Lipinski definition) is 3. The van der Waals surface area contributed by atoms with Crippen LogP contribution in [-0.2, 0) is 6.54 Å². The Morgan fingerprint density at radius 1 is 1.29 bits per heavy atom. The van der Waals surface area contributed by atoms with Crippen molar-refractivity contribution in [3.63, 3.8) is 0 Å². The molecule has 1 heterocycles. The number of likely N-dealkylation sites (tertiary alicyclic amines) is 1. The molecule has 24 heavy (non-hydrogen) atoms. The zero-order chi connectivity index (χ0) is 16.5. The van der Waals surface area contributed by atoms with Gasteiger partial charge in [-0.25, -0.2) is 0 Å². The van der Waals surface area contributed by atoms with E-state index in [0.717, 1.165) is 37.5 Å². The Hall–Kier alpha value is -1.33. The molecule has 0 saturated carbocycles. The molecule has 0 aliphatic carbocycles. The molecule has 5 nitrogen and oxygen atoms in total. The summed E-state index contributed by atoms with van der Waals surface area (Å²) in [7, 11) is 1.81. The summed E-state index contributed by atoms with van der Waals surface area (Å²) < 4.78 is 0. The van der Waals surface area contributed by atoms with E-state index in [2.05, 4.69) is 33.5 Å². The maximum atomic E-state index is 8.82. The fourth-order valence-corrected chi connectivity index (χ4v) is 2.89. The van der Waals surface area contributed by atoms with Gasteiger partial charge in [0.1, 0.15) is 0 Å². The summed E-state index contributed by atoms with van der Waals surface area (Å²) in [5.41, 5.74) is 1.83. The number of aliphatic imine (C=N–C) groups is 1. The van der Waals surface area contributed by atoms with Crippen molar-refractivity contribution >= 4 is 29.9 Å². The van der Waals surface area contributed by atoms with Crippen molar-refractivity contribution in [3.05, 3.63) is 35.4 Å². The van der Waals surface area contributed by atoms with E-state index in [1.54, 1.807) is 7.05 Å². The predicted octanol–water partition coefficient (Wildman–Crippen LogP) is 2.72. The molecule has 0 radical (unpaired) electrons. The highest BCUT2D eigenvalue weighted by Crippen LogP contribution is 2.10. The van der Waals surface area contributed by atoms with Gasteiger partial charge in [0.2, 0.25) is 0 Å². The van der Waals surface area contributed by atoms with Gasteiger partial charge in [-0.1, -0.05) is 19.1 Å². The van der Waals surface area contributed by atoms with E-state index in [-0.39, 0.29) is 24.0 Å². The zero-order valence-electron chi connectivity index (χ0n) is 14.6. The molecule has 1 aromatic rings. The molecule has 0 amide bonds. The van der Waals surface area contributed by atoms with Gasteiger partial charge in [-0.05, 0) is 43.5 Å². The quantitative estimate of drug-likeness (QED) is 0.419. The average Bonchev–Trinajstić information content (AvgIpc) is 2.60. The lowest BCUT2D eigenvalue weighted by molar-refractivity contribution is 0.206. The highest BCUT2D eigenvalue weighted by Gasteiger charge is 2.19. The summed E-state index contributed by atoms with van der Waals surface area (Å²) in [5.74, 6) is 0.850. The largest absolute Gasteiger partial charge is 0.354 e. The van der Waals surface area contributed by atoms with Crippen LogP contribution >= 0.6 is 24.0 Å². The molecule has 0 spiro atoms. The topological polar surface area (TPSA) is 63.4 Å². The molecular weight excluding hydrogens is 413 g/mol. The Balaban J connectivity index is 0.00000288.